The topological polar surface area (TPSA) is 77.2 Å². The number of benzene rings is 2. The highest BCUT2D eigenvalue weighted by Crippen LogP contribution is 2.25. The Morgan fingerprint density at radius 2 is 1.93 bits per heavy atom. The quantitative estimate of drug-likeness (QED) is 0.524. The summed E-state index contributed by atoms with van der Waals surface area (Å²) in [6, 6.07) is 12.6. The predicted octanol–water partition coefficient (Wildman–Crippen LogP) is 5.25. The minimum absolute atomic E-state index is 0.0570. The number of amides is 1. The van der Waals surface area contributed by atoms with E-state index in [0.717, 1.165) is 16.9 Å². The first kappa shape index (κ1) is 21.1. The zero-order valence-electron chi connectivity index (χ0n) is 16.1. The van der Waals surface area contributed by atoms with Crippen molar-refractivity contribution in [2.24, 2.45) is 0 Å². The highest BCUT2D eigenvalue weighted by molar-refractivity contribution is 6.42. The van der Waals surface area contributed by atoms with Crippen molar-refractivity contribution < 1.29 is 14.1 Å². The molecule has 0 aliphatic rings. The second kappa shape index (κ2) is 9.76. The molecule has 0 radical (unpaired) electrons. The van der Waals surface area contributed by atoms with Crippen LogP contribution in [0.5, 0.6) is 5.75 Å². The third-order valence-corrected chi connectivity index (χ3v) is 5.17. The zero-order chi connectivity index (χ0) is 20.8. The van der Waals surface area contributed by atoms with Gasteiger partial charge >= 0.3 is 0 Å². The molecule has 0 aliphatic carbocycles. The Hall–Kier alpha value is -2.57. The van der Waals surface area contributed by atoms with Crippen molar-refractivity contribution in [3.63, 3.8) is 0 Å². The van der Waals surface area contributed by atoms with Gasteiger partial charge in [-0.1, -0.05) is 34.4 Å². The lowest BCUT2D eigenvalue weighted by Crippen LogP contribution is -2.26. The fraction of sp³-hybridized carbons (Fsp3) is 0.286. The molecule has 29 heavy (non-hydrogen) atoms. The summed E-state index contributed by atoms with van der Waals surface area (Å²) in [6.07, 6.45) is 1.48. The van der Waals surface area contributed by atoms with Crippen LogP contribution >= 0.6 is 23.2 Å². The molecule has 6 nitrogen and oxygen atoms in total. The van der Waals surface area contributed by atoms with Gasteiger partial charge in [-0.15, -0.1) is 0 Å². The minimum atomic E-state index is -0.164. The van der Waals surface area contributed by atoms with Crippen molar-refractivity contribution in [2.45, 2.75) is 32.2 Å². The number of aromatic nitrogens is 2. The van der Waals surface area contributed by atoms with Crippen molar-refractivity contribution in [1.82, 2.24) is 15.5 Å². The summed E-state index contributed by atoms with van der Waals surface area (Å²) in [5.41, 5.74) is 1.74. The van der Waals surface area contributed by atoms with E-state index in [2.05, 4.69) is 15.5 Å². The van der Waals surface area contributed by atoms with E-state index in [-0.39, 0.29) is 11.9 Å². The van der Waals surface area contributed by atoms with Gasteiger partial charge in [-0.25, -0.2) is 0 Å². The van der Waals surface area contributed by atoms with Crippen LogP contribution in [0.2, 0.25) is 10.0 Å². The van der Waals surface area contributed by atoms with Crippen molar-refractivity contribution in [3.8, 4) is 17.1 Å². The molecule has 1 unspecified atom stereocenters. The Balaban J connectivity index is 1.47. The number of nitrogens with one attached hydrogen (secondary N) is 1. The molecule has 0 bridgehead atoms. The Labute approximate surface area is 179 Å². The van der Waals surface area contributed by atoms with Crippen molar-refractivity contribution in [3.05, 3.63) is 64.0 Å². The molecule has 1 amide bonds. The number of halogens is 2. The van der Waals surface area contributed by atoms with Crippen LogP contribution in [0.1, 0.15) is 37.3 Å². The predicted molar refractivity (Wildman–Crippen MR) is 112 cm³/mol. The second-order valence-electron chi connectivity index (χ2n) is 6.56. The molecule has 1 heterocycles. The van der Waals surface area contributed by atoms with Crippen LogP contribution in [-0.2, 0) is 11.2 Å². The number of hydrogen-bond acceptors (Lipinski definition) is 5. The maximum absolute atomic E-state index is 12.2. The van der Waals surface area contributed by atoms with E-state index in [1.807, 2.05) is 37.3 Å². The van der Waals surface area contributed by atoms with Gasteiger partial charge in [0.1, 0.15) is 5.75 Å². The number of rotatable bonds is 8. The molecule has 1 atom stereocenters. The molecule has 1 aromatic heterocycles. The average molecular weight is 434 g/mol. The number of nitrogens with zero attached hydrogens (tertiary/aromatic N) is 2. The lowest BCUT2D eigenvalue weighted by atomic mass is 10.1. The van der Waals surface area contributed by atoms with Gasteiger partial charge in [-0.3, -0.25) is 4.79 Å². The first-order valence-electron chi connectivity index (χ1n) is 9.17. The fourth-order valence-electron chi connectivity index (χ4n) is 2.79. The van der Waals surface area contributed by atoms with Crippen molar-refractivity contribution in [2.75, 3.05) is 7.11 Å². The summed E-state index contributed by atoms with van der Waals surface area (Å²) < 4.78 is 10.4. The average Bonchev–Trinajstić information content (AvgIpc) is 3.19. The normalized spacial score (nSPS) is 11.9. The number of hydrogen-bond donors (Lipinski definition) is 1. The van der Waals surface area contributed by atoms with Gasteiger partial charge in [0.05, 0.1) is 23.2 Å². The van der Waals surface area contributed by atoms with E-state index in [0.29, 0.717) is 41.0 Å². The summed E-state index contributed by atoms with van der Waals surface area (Å²) in [5.74, 6) is 1.72. The summed E-state index contributed by atoms with van der Waals surface area (Å²) in [5, 5.41) is 7.90. The molecule has 0 saturated carbocycles. The monoisotopic (exact) mass is 433 g/mol. The lowest BCUT2D eigenvalue weighted by molar-refractivity contribution is -0.121. The van der Waals surface area contributed by atoms with Crippen molar-refractivity contribution >= 4 is 29.1 Å². The van der Waals surface area contributed by atoms with Crippen LogP contribution in [-0.4, -0.2) is 23.2 Å². The maximum atomic E-state index is 12.2. The molecule has 0 saturated heterocycles. The van der Waals surface area contributed by atoms with Crippen LogP contribution in [0.15, 0.2) is 47.0 Å². The molecule has 1 N–H and O–H groups in total. The molecular formula is C21H21Cl2N3O3. The lowest BCUT2D eigenvalue weighted by Gasteiger charge is -2.14. The van der Waals surface area contributed by atoms with E-state index in [1.165, 1.54) is 0 Å². The molecule has 3 rings (SSSR count). The summed E-state index contributed by atoms with van der Waals surface area (Å²) in [6.45, 7) is 1.90. The summed E-state index contributed by atoms with van der Waals surface area (Å²) >= 11 is 12.0. The second-order valence-corrected chi connectivity index (χ2v) is 7.37. The third-order valence-electron chi connectivity index (χ3n) is 4.43. The van der Waals surface area contributed by atoms with Gasteiger partial charge in [-0.05, 0) is 55.3 Å². The van der Waals surface area contributed by atoms with Crippen LogP contribution < -0.4 is 10.1 Å². The molecule has 8 heteroatoms. The smallest absolute Gasteiger partial charge is 0.226 e. The van der Waals surface area contributed by atoms with E-state index >= 15 is 0 Å². The van der Waals surface area contributed by atoms with Crippen LogP contribution in [0.25, 0.3) is 11.4 Å². The third kappa shape index (κ3) is 5.71. The summed E-state index contributed by atoms with van der Waals surface area (Å²) in [7, 11) is 1.61. The number of methoxy groups -OCH3 is 1. The fourth-order valence-corrected chi connectivity index (χ4v) is 3.10. The minimum Gasteiger partial charge on any atom is -0.497 e. The number of carbonyl (C=O) groups excluding carboxylic acids is 1. The van der Waals surface area contributed by atoms with Crippen molar-refractivity contribution in [1.29, 1.82) is 0 Å². The first-order valence-corrected chi connectivity index (χ1v) is 9.93. The Kier molecular flexibility index (Phi) is 7.12. The Morgan fingerprint density at radius 3 is 2.62 bits per heavy atom. The van der Waals surface area contributed by atoms with Gasteiger partial charge in [0.2, 0.25) is 17.6 Å². The molecule has 0 fully saturated rings. The summed E-state index contributed by atoms with van der Waals surface area (Å²) in [4.78, 5) is 16.6. The molecule has 152 valence electrons. The standard InChI is InChI=1S/C21H21Cl2N3O3/c1-13(15-8-11-17(22)18(23)12-15)24-19(27)4-3-5-20-25-21(26-29-20)14-6-9-16(28-2)10-7-14/h6-13H,3-5H2,1-2H3,(H,24,27). The maximum Gasteiger partial charge on any atom is 0.226 e. The molecule has 2 aromatic carbocycles. The number of aryl methyl sites for hydroxylation is 1. The van der Waals surface area contributed by atoms with Gasteiger partial charge < -0.3 is 14.6 Å². The van der Waals surface area contributed by atoms with Gasteiger partial charge in [0, 0.05) is 18.4 Å². The van der Waals surface area contributed by atoms with Gasteiger partial charge in [-0.2, -0.15) is 4.98 Å². The van der Waals surface area contributed by atoms with Crippen LogP contribution in [0, 0.1) is 0 Å². The van der Waals surface area contributed by atoms with Gasteiger partial charge in [0.15, 0.2) is 0 Å². The number of ether oxygens (including phenoxy) is 1. The zero-order valence-corrected chi connectivity index (χ0v) is 17.6. The van der Waals surface area contributed by atoms with Crippen LogP contribution in [0.4, 0.5) is 0 Å². The van der Waals surface area contributed by atoms with E-state index in [1.54, 1.807) is 19.2 Å². The highest BCUT2D eigenvalue weighted by atomic mass is 35.5. The first-order chi connectivity index (χ1) is 14.0. The number of carbonyl (C=O) groups is 1. The Bertz CT molecular complexity index is 974. The molecule has 0 spiro atoms. The SMILES string of the molecule is COc1ccc(-c2noc(CCCC(=O)NC(C)c3ccc(Cl)c(Cl)c3)n2)cc1. The molecular weight excluding hydrogens is 413 g/mol. The highest BCUT2D eigenvalue weighted by Gasteiger charge is 2.13. The molecule has 0 aliphatic heterocycles. The van der Waals surface area contributed by atoms with Crippen LogP contribution in [0.3, 0.4) is 0 Å². The molecule has 3 aromatic rings. The van der Waals surface area contributed by atoms with E-state index in [9.17, 15) is 4.79 Å². The van der Waals surface area contributed by atoms with Gasteiger partial charge in [0.25, 0.3) is 0 Å². The Morgan fingerprint density at radius 1 is 1.17 bits per heavy atom. The van der Waals surface area contributed by atoms with E-state index < -0.39 is 0 Å². The largest absolute Gasteiger partial charge is 0.497 e. The van der Waals surface area contributed by atoms with E-state index in [4.69, 9.17) is 32.5 Å².